The van der Waals surface area contributed by atoms with E-state index in [1.54, 1.807) is 0 Å². The van der Waals surface area contributed by atoms with Crippen LogP contribution in [0.3, 0.4) is 0 Å². The van der Waals surface area contributed by atoms with Gasteiger partial charge in [0.1, 0.15) is 0 Å². The highest BCUT2D eigenvalue weighted by Crippen LogP contribution is 2.33. The fourth-order valence-electron chi connectivity index (χ4n) is 2.54. The summed E-state index contributed by atoms with van der Waals surface area (Å²) in [5, 5.41) is 3.63. The van der Waals surface area contributed by atoms with Gasteiger partial charge < -0.3 is 10.1 Å². The van der Waals surface area contributed by atoms with Crippen molar-refractivity contribution in [3.8, 4) is 0 Å². The van der Waals surface area contributed by atoms with E-state index in [0.29, 0.717) is 12.1 Å². The van der Waals surface area contributed by atoms with E-state index in [0.717, 1.165) is 19.1 Å². The van der Waals surface area contributed by atoms with Gasteiger partial charge in [0.15, 0.2) is 0 Å². The molecule has 0 aliphatic heterocycles. The summed E-state index contributed by atoms with van der Waals surface area (Å²) >= 11 is 0. The average molecular weight is 239 g/mol. The zero-order chi connectivity index (χ0) is 12.7. The maximum atomic E-state index is 5.62. The van der Waals surface area contributed by atoms with Crippen LogP contribution < -0.4 is 5.32 Å². The Morgan fingerprint density at radius 3 is 2.59 bits per heavy atom. The molecule has 100 valence electrons. The van der Waals surface area contributed by atoms with E-state index in [2.05, 4.69) is 39.1 Å². The second-order valence-electron chi connectivity index (χ2n) is 5.46. The van der Waals surface area contributed by atoms with Crippen molar-refractivity contribution in [3.63, 3.8) is 0 Å². The summed E-state index contributed by atoms with van der Waals surface area (Å²) in [7, 11) is 0. The van der Waals surface area contributed by atoms with E-state index in [-0.39, 0.29) is 0 Å². The minimum atomic E-state index is 0.545. The molecule has 1 aliphatic carbocycles. The third-order valence-corrected chi connectivity index (χ3v) is 3.37. The molecule has 0 bridgehead atoms. The molecule has 1 fully saturated rings. The lowest BCUT2D eigenvalue weighted by Gasteiger charge is -2.36. The van der Waals surface area contributed by atoms with Gasteiger partial charge in [-0.2, -0.15) is 0 Å². The number of hydrogen-bond acceptors (Lipinski definition) is 2. The summed E-state index contributed by atoms with van der Waals surface area (Å²) in [6.07, 6.45) is 7.92. The maximum Gasteiger partial charge on any atom is 0.0580 e. The molecule has 0 amide bonds. The molecule has 1 saturated carbocycles. The lowest BCUT2D eigenvalue weighted by atomic mass is 9.78. The van der Waals surface area contributed by atoms with Crippen molar-refractivity contribution in [2.75, 3.05) is 13.2 Å². The zero-order valence-corrected chi connectivity index (χ0v) is 12.0. The fourth-order valence-corrected chi connectivity index (χ4v) is 2.54. The van der Waals surface area contributed by atoms with E-state index in [4.69, 9.17) is 4.74 Å². The molecule has 0 heterocycles. The minimum absolute atomic E-state index is 0.545. The average Bonchev–Trinajstić information content (AvgIpc) is 2.22. The molecule has 0 spiro atoms. The molecule has 1 unspecified atom stereocenters. The normalized spacial score (nSPS) is 25.2. The lowest BCUT2D eigenvalue weighted by molar-refractivity contribution is -0.0279. The van der Waals surface area contributed by atoms with Gasteiger partial charge in [-0.1, -0.05) is 18.6 Å². The van der Waals surface area contributed by atoms with E-state index in [1.807, 2.05) is 0 Å². The van der Waals surface area contributed by atoms with Crippen LogP contribution >= 0.6 is 0 Å². The Hall–Kier alpha value is -0.340. The van der Waals surface area contributed by atoms with Crippen LogP contribution in [0.4, 0.5) is 0 Å². The molecule has 1 N–H and O–H groups in total. The molecule has 0 aromatic heterocycles. The second-order valence-corrected chi connectivity index (χ2v) is 5.46. The number of hydrogen-bond donors (Lipinski definition) is 1. The smallest absolute Gasteiger partial charge is 0.0580 e. The van der Waals surface area contributed by atoms with Crippen LogP contribution in [0.2, 0.25) is 0 Å². The zero-order valence-electron chi connectivity index (χ0n) is 12.0. The summed E-state index contributed by atoms with van der Waals surface area (Å²) in [6.45, 7) is 10.7. The predicted molar refractivity (Wildman–Crippen MR) is 74.3 cm³/mol. The molecule has 0 aromatic carbocycles. The van der Waals surface area contributed by atoms with Crippen LogP contribution in [0, 0.1) is 5.92 Å². The summed E-state index contributed by atoms with van der Waals surface area (Å²) in [4.78, 5) is 0. The number of rotatable bonds is 8. The van der Waals surface area contributed by atoms with Crippen molar-refractivity contribution < 1.29 is 4.74 Å². The molecule has 0 radical (unpaired) electrons. The van der Waals surface area contributed by atoms with Crippen molar-refractivity contribution in [1.29, 1.82) is 0 Å². The highest BCUT2D eigenvalue weighted by atomic mass is 16.5. The van der Waals surface area contributed by atoms with Crippen molar-refractivity contribution in [2.45, 2.75) is 65.5 Å². The van der Waals surface area contributed by atoms with Gasteiger partial charge in [-0.3, -0.25) is 0 Å². The number of allylic oxidation sites excluding steroid dienone is 1. The fraction of sp³-hybridized carbons (Fsp3) is 0.867. The second kappa shape index (κ2) is 7.88. The van der Waals surface area contributed by atoms with E-state index >= 15 is 0 Å². The van der Waals surface area contributed by atoms with Gasteiger partial charge in [0.05, 0.1) is 6.10 Å². The SMILES string of the molecule is CCCNC(C=C(C)C)CC1CC(OCC)C1. The molecule has 0 saturated heterocycles. The third kappa shape index (κ3) is 5.69. The van der Waals surface area contributed by atoms with Crippen LogP contribution in [0.15, 0.2) is 11.6 Å². The molecule has 0 aromatic rings. The van der Waals surface area contributed by atoms with E-state index < -0.39 is 0 Å². The third-order valence-electron chi connectivity index (χ3n) is 3.37. The van der Waals surface area contributed by atoms with Gasteiger partial charge in [0, 0.05) is 12.6 Å². The monoisotopic (exact) mass is 239 g/mol. The van der Waals surface area contributed by atoms with E-state index in [9.17, 15) is 0 Å². The Labute approximate surface area is 107 Å². The Kier molecular flexibility index (Phi) is 6.83. The summed E-state index contributed by atoms with van der Waals surface area (Å²) in [5.74, 6) is 0.858. The standard InChI is InChI=1S/C15H29NO/c1-5-7-16-14(8-12(3)4)9-13-10-15(11-13)17-6-2/h8,13-16H,5-7,9-11H2,1-4H3. The Morgan fingerprint density at radius 2 is 2.06 bits per heavy atom. The van der Waals surface area contributed by atoms with Crippen molar-refractivity contribution in [2.24, 2.45) is 5.92 Å². The Bertz CT molecular complexity index is 227. The van der Waals surface area contributed by atoms with Crippen molar-refractivity contribution in [1.82, 2.24) is 5.32 Å². The van der Waals surface area contributed by atoms with Gasteiger partial charge in [0.2, 0.25) is 0 Å². The Balaban J connectivity index is 2.27. The molecular weight excluding hydrogens is 210 g/mol. The van der Waals surface area contributed by atoms with Crippen LogP contribution in [0.25, 0.3) is 0 Å². The minimum Gasteiger partial charge on any atom is -0.378 e. The summed E-state index contributed by atoms with van der Waals surface area (Å²) in [5.41, 5.74) is 1.42. The lowest BCUT2D eigenvalue weighted by Crippen LogP contribution is -2.37. The highest BCUT2D eigenvalue weighted by Gasteiger charge is 2.30. The topological polar surface area (TPSA) is 21.3 Å². The number of nitrogens with one attached hydrogen (secondary N) is 1. The first-order valence-corrected chi connectivity index (χ1v) is 7.15. The maximum absolute atomic E-state index is 5.62. The highest BCUT2D eigenvalue weighted by molar-refractivity contribution is 5.02. The molecule has 1 rings (SSSR count). The van der Waals surface area contributed by atoms with Gasteiger partial charge in [-0.25, -0.2) is 0 Å². The van der Waals surface area contributed by atoms with Crippen LogP contribution in [-0.2, 0) is 4.74 Å². The molecular formula is C15H29NO. The Morgan fingerprint density at radius 1 is 1.35 bits per heavy atom. The first-order valence-electron chi connectivity index (χ1n) is 7.15. The summed E-state index contributed by atoms with van der Waals surface area (Å²) < 4.78 is 5.62. The number of ether oxygens (including phenoxy) is 1. The molecule has 1 atom stereocenters. The molecule has 17 heavy (non-hydrogen) atoms. The molecule has 1 aliphatic rings. The van der Waals surface area contributed by atoms with Gasteiger partial charge >= 0.3 is 0 Å². The van der Waals surface area contributed by atoms with Crippen molar-refractivity contribution >= 4 is 0 Å². The van der Waals surface area contributed by atoms with Crippen LogP contribution in [-0.4, -0.2) is 25.3 Å². The van der Waals surface area contributed by atoms with Gasteiger partial charge in [0.25, 0.3) is 0 Å². The van der Waals surface area contributed by atoms with Crippen LogP contribution in [0.1, 0.15) is 53.4 Å². The summed E-state index contributed by atoms with van der Waals surface area (Å²) in [6, 6.07) is 0.563. The van der Waals surface area contributed by atoms with Crippen molar-refractivity contribution in [3.05, 3.63) is 11.6 Å². The predicted octanol–water partition coefficient (Wildman–Crippen LogP) is 3.53. The first kappa shape index (κ1) is 14.7. The molecule has 2 nitrogen and oxygen atoms in total. The largest absolute Gasteiger partial charge is 0.378 e. The quantitative estimate of drug-likeness (QED) is 0.654. The van der Waals surface area contributed by atoms with Gasteiger partial charge in [-0.05, 0) is 58.9 Å². The van der Waals surface area contributed by atoms with E-state index in [1.165, 1.54) is 31.3 Å². The first-order chi connectivity index (χ1) is 8.15. The molecule has 2 heteroatoms. The van der Waals surface area contributed by atoms with Gasteiger partial charge in [-0.15, -0.1) is 0 Å². The van der Waals surface area contributed by atoms with Crippen LogP contribution in [0.5, 0.6) is 0 Å².